The van der Waals surface area contributed by atoms with Crippen LogP contribution in [-0.4, -0.2) is 22.2 Å². The third-order valence-electron chi connectivity index (χ3n) is 2.37. The third kappa shape index (κ3) is 1.30. The Labute approximate surface area is 74.4 Å². The van der Waals surface area contributed by atoms with E-state index >= 15 is 0 Å². The summed E-state index contributed by atoms with van der Waals surface area (Å²) in [6.07, 6.45) is -1.17. The van der Waals surface area contributed by atoms with Crippen LogP contribution in [-0.2, 0) is 4.79 Å². The van der Waals surface area contributed by atoms with Gasteiger partial charge >= 0.3 is 5.97 Å². The summed E-state index contributed by atoms with van der Waals surface area (Å²) in [7, 11) is 0. The first kappa shape index (κ1) is 9.77. The lowest BCUT2D eigenvalue weighted by atomic mass is 9.64. The second-order valence-corrected chi connectivity index (χ2v) is 4.12. The molecule has 1 unspecified atom stereocenters. The molecule has 0 amide bonds. The SMILES string of the molecule is CC(S)C1(C(=O)O)CC(F)(F)C1. The highest BCUT2D eigenvalue weighted by Crippen LogP contribution is 2.55. The number of thiol groups is 1. The van der Waals surface area contributed by atoms with Crippen LogP contribution in [0, 0.1) is 5.41 Å². The van der Waals surface area contributed by atoms with Crippen molar-refractivity contribution in [1.29, 1.82) is 0 Å². The van der Waals surface area contributed by atoms with Gasteiger partial charge < -0.3 is 5.11 Å². The zero-order chi connectivity index (χ0) is 9.57. The molecule has 0 bridgehead atoms. The fourth-order valence-corrected chi connectivity index (χ4v) is 1.79. The number of hydrogen-bond acceptors (Lipinski definition) is 2. The van der Waals surface area contributed by atoms with Crippen LogP contribution < -0.4 is 0 Å². The molecule has 1 atom stereocenters. The van der Waals surface area contributed by atoms with Crippen molar-refractivity contribution in [3.63, 3.8) is 0 Å². The van der Waals surface area contributed by atoms with Crippen molar-refractivity contribution in [2.24, 2.45) is 5.41 Å². The second kappa shape index (κ2) is 2.58. The van der Waals surface area contributed by atoms with E-state index in [0.717, 1.165) is 0 Å². The number of carboxylic acid groups (broad SMARTS) is 1. The Hall–Kier alpha value is -0.320. The first-order valence-corrected chi connectivity index (χ1v) is 4.11. The summed E-state index contributed by atoms with van der Waals surface area (Å²) in [6.45, 7) is 1.53. The van der Waals surface area contributed by atoms with E-state index in [-0.39, 0.29) is 0 Å². The maximum atomic E-state index is 12.5. The smallest absolute Gasteiger partial charge is 0.311 e. The van der Waals surface area contributed by atoms with Gasteiger partial charge in [-0.15, -0.1) is 0 Å². The molecule has 1 rings (SSSR count). The molecule has 0 aliphatic heterocycles. The van der Waals surface area contributed by atoms with Gasteiger partial charge in [-0.3, -0.25) is 4.79 Å². The highest BCUT2D eigenvalue weighted by molar-refractivity contribution is 7.81. The van der Waals surface area contributed by atoms with E-state index in [4.69, 9.17) is 5.11 Å². The topological polar surface area (TPSA) is 37.3 Å². The summed E-state index contributed by atoms with van der Waals surface area (Å²) < 4.78 is 24.9. The number of carbonyl (C=O) groups is 1. The van der Waals surface area contributed by atoms with Gasteiger partial charge in [-0.05, 0) is 0 Å². The van der Waals surface area contributed by atoms with E-state index in [1.165, 1.54) is 6.92 Å². The Morgan fingerprint density at radius 3 is 2.08 bits per heavy atom. The van der Waals surface area contributed by atoms with Crippen molar-refractivity contribution in [2.45, 2.75) is 30.9 Å². The van der Waals surface area contributed by atoms with E-state index in [0.29, 0.717) is 0 Å². The van der Waals surface area contributed by atoms with Crippen molar-refractivity contribution in [3.05, 3.63) is 0 Å². The molecule has 2 nitrogen and oxygen atoms in total. The van der Waals surface area contributed by atoms with E-state index in [9.17, 15) is 13.6 Å². The number of halogens is 2. The zero-order valence-electron chi connectivity index (χ0n) is 6.55. The Balaban J connectivity index is 2.76. The lowest BCUT2D eigenvalue weighted by molar-refractivity contribution is -0.192. The molecule has 0 aromatic heterocycles. The summed E-state index contributed by atoms with van der Waals surface area (Å²) >= 11 is 3.91. The van der Waals surface area contributed by atoms with Crippen LogP contribution in [0.2, 0.25) is 0 Å². The van der Waals surface area contributed by atoms with E-state index in [1.54, 1.807) is 0 Å². The third-order valence-corrected chi connectivity index (χ3v) is 2.87. The Morgan fingerprint density at radius 2 is 2.00 bits per heavy atom. The molecule has 12 heavy (non-hydrogen) atoms. The van der Waals surface area contributed by atoms with Crippen LogP contribution in [0.25, 0.3) is 0 Å². The Morgan fingerprint density at radius 1 is 1.58 bits per heavy atom. The molecule has 0 radical (unpaired) electrons. The van der Waals surface area contributed by atoms with Crippen LogP contribution >= 0.6 is 12.6 Å². The van der Waals surface area contributed by atoms with Crippen LogP contribution in [0.5, 0.6) is 0 Å². The number of carboxylic acids is 1. The Kier molecular flexibility index (Phi) is 2.10. The quantitative estimate of drug-likeness (QED) is 0.661. The van der Waals surface area contributed by atoms with E-state index in [1.807, 2.05) is 0 Å². The van der Waals surface area contributed by atoms with Gasteiger partial charge in [0.25, 0.3) is 0 Å². The van der Waals surface area contributed by atoms with Crippen LogP contribution in [0.4, 0.5) is 8.78 Å². The Bertz CT molecular complexity index is 207. The molecule has 1 N–H and O–H groups in total. The van der Waals surface area contributed by atoms with Crippen molar-refractivity contribution >= 4 is 18.6 Å². The highest BCUT2D eigenvalue weighted by Gasteiger charge is 2.62. The van der Waals surface area contributed by atoms with Crippen molar-refractivity contribution in [3.8, 4) is 0 Å². The molecule has 1 fully saturated rings. The van der Waals surface area contributed by atoms with Gasteiger partial charge in [0.2, 0.25) is 5.92 Å². The molecule has 0 saturated heterocycles. The maximum absolute atomic E-state index is 12.5. The van der Waals surface area contributed by atoms with E-state index < -0.39 is 35.4 Å². The van der Waals surface area contributed by atoms with Gasteiger partial charge in [0.1, 0.15) is 0 Å². The fraction of sp³-hybridized carbons (Fsp3) is 0.857. The number of hydrogen-bond donors (Lipinski definition) is 2. The minimum absolute atomic E-state index is 0.533. The zero-order valence-corrected chi connectivity index (χ0v) is 7.44. The van der Waals surface area contributed by atoms with Gasteiger partial charge in [-0.25, -0.2) is 8.78 Å². The van der Waals surface area contributed by atoms with Gasteiger partial charge in [0, 0.05) is 18.1 Å². The molecule has 0 aromatic carbocycles. The second-order valence-electron chi connectivity index (χ2n) is 3.35. The van der Waals surface area contributed by atoms with Gasteiger partial charge in [-0.1, -0.05) is 6.92 Å². The van der Waals surface area contributed by atoms with Crippen molar-refractivity contribution in [2.75, 3.05) is 0 Å². The van der Waals surface area contributed by atoms with E-state index in [2.05, 4.69) is 12.6 Å². The minimum atomic E-state index is -2.81. The summed E-state index contributed by atoms with van der Waals surface area (Å²) in [6, 6.07) is 0. The summed E-state index contributed by atoms with van der Waals surface area (Å²) in [4.78, 5) is 10.7. The largest absolute Gasteiger partial charge is 0.481 e. The molecule has 1 aliphatic rings. The predicted molar refractivity (Wildman–Crippen MR) is 42.7 cm³/mol. The molecule has 0 spiro atoms. The average Bonchev–Trinajstić information content (AvgIpc) is 1.80. The fourth-order valence-electron chi connectivity index (χ4n) is 1.50. The van der Waals surface area contributed by atoms with Crippen LogP contribution in [0.3, 0.4) is 0 Å². The standard InChI is InChI=1S/C7H10F2O2S/c1-4(12)6(5(10)11)2-7(8,9)3-6/h4,12H,2-3H2,1H3,(H,10,11). The molecule has 0 aromatic rings. The molecule has 0 heterocycles. The maximum Gasteiger partial charge on any atom is 0.311 e. The monoisotopic (exact) mass is 196 g/mol. The average molecular weight is 196 g/mol. The minimum Gasteiger partial charge on any atom is -0.481 e. The first-order chi connectivity index (χ1) is 5.30. The highest BCUT2D eigenvalue weighted by atomic mass is 32.1. The molecule has 70 valence electrons. The van der Waals surface area contributed by atoms with Crippen molar-refractivity contribution in [1.82, 2.24) is 0 Å². The summed E-state index contributed by atoms with van der Waals surface area (Å²) in [5.74, 6) is -3.98. The molecular formula is C7H10F2O2S. The van der Waals surface area contributed by atoms with Crippen molar-refractivity contribution < 1.29 is 18.7 Å². The molecular weight excluding hydrogens is 186 g/mol. The van der Waals surface area contributed by atoms with Crippen LogP contribution in [0.15, 0.2) is 0 Å². The number of alkyl halides is 2. The molecule has 5 heteroatoms. The lowest BCUT2D eigenvalue weighted by Crippen LogP contribution is -2.55. The normalized spacial score (nSPS) is 27.3. The summed E-state index contributed by atoms with van der Waals surface area (Å²) in [5.41, 5.74) is -1.31. The van der Waals surface area contributed by atoms with Gasteiger partial charge in [0.15, 0.2) is 0 Å². The van der Waals surface area contributed by atoms with Gasteiger partial charge in [0.05, 0.1) is 5.41 Å². The number of aliphatic carboxylic acids is 1. The predicted octanol–water partition coefficient (Wildman–Crippen LogP) is 1.80. The molecule has 1 saturated carbocycles. The van der Waals surface area contributed by atoms with Gasteiger partial charge in [-0.2, -0.15) is 12.6 Å². The summed E-state index contributed by atoms with van der Waals surface area (Å²) in [5, 5.41) is 8.17. The number of rotatable bonds is 2. The lowest BCUT2D eigenvalue weighted by Gasteiger charge is -2.46. The molecule has 1 aliphatic carbocycles. The first-order valence-electron chi connectivity index (χ1n) is 3.59. The van der Waals surface area contributed by atoms with Crippen LogP contribution in [0.1, 0.15) is 19.8 Å².